The number of amides is 1. The fourth-order valence-corrected chi connectivity index (χ4v) is 2.52. The van der Waals surface area contributed by atoms with E-state index in [9.17, 15) is 4.79 Å². The van der Waals surface area contributed by atoms with Gasteiger partial charge in [0, 0.05) is 25.4 Å². The van der Waals surface area contributed by atoms with Crippen molar-refractivity contribution < 1.29 is 4.79 Å². The first-order valence-electron chi connectivity index (χ1n) is 7.53. The molecule has 0 aliphatic rings. The summed E-state index contributed by atoms with van der Waals surface area (Å²) in [5, 5.41) is 7.21. The molecule has 0 radical (unpaired) electrons. The second-order valence-electron chi connectivity index (χ2n) is 5.71. The Morgan fingerprint density at radius 1 is 1.36 bits per heavy atom. The third-order valence-electron chi connectivity index (χ3n) is 3.74. The van der Waals surface area contributed by atoms with Gasteiger partial charge in [0.1, 0.15) is 0 Å². The highest BCUT2D eigenvalue weighted by Crippen LogP contribution is 2.19. The summed E-state index contributed by atoms with van der Waals surface area (Å²) < 4.78 is 1.78. The SMILES string of the molecule is CCC(C(=O)NCc1cccc(-c2cnn(C)c2)c1)N(C)C. The van der Waals surface area contributed by atoms with Crippen molar-refractivity contribution in [3.63, 3.8) is 0 Å². The molecule has 0 saturated carbocycles. The van der Waals surface area contributed by atoms with Crippen LogP contribution in [0.25, 0.3) is 11.1 Å². The molecule has 0 aliphatic heterocycles. The third-order valence-corrected chi connectivity index (χ3v) is 3.74. The van der Waals surface area contributed by atoms with Gasteiger partial charge in [0.05, 0.1) is 12.2 Å². The molecule has 1 heterocycles. The number of rotatable bonds is 6. The number of carbonyl (C=O) groups excluding carboxylic acids is 1. The molecule has 5 nitrogen and oxygen atoms in total. The number of nitrogens with one attached hydrogen (secondary N) is 1. The summed E-state index contributed by atoms with van der Waals surface area (Å²) in [6, 6.07) is 8.09. The molecule has 1 aromatic heterocycles. The van der Waals surface area contributed by atoms with E-state index in [2.05, 4.69) is 22.5 Å². The van der Waals surface area contributed by atoms with E-state index < -0.39 is 0 Å². The summed E-state index contributed by atoms with van der Waals surface area (Å²) in [5.74, 6) is 0.0688. The first kappa shape index (κ1) is 16.2. The van der Waals surface area contributed by atoms with Crippen molar-refractivity contribution in [1.29, 1.82) is 0 Å². The fraction of sp³-hybridized carbons (Fsp3) is 0.412. The Morgan fingerprint density at radius 3 is 2.73 bits per heavy atom. The molecule has 0 bridgehead atoms. The van der Waals surface area contributed by atoms with E-state index in [4.69, 9.17) is 0 Å². The van der Waals surface area contributed by atoms with Crippen molar-refractivity contribution >= 4 is 5.91 Å². The van der Waals surface area contributed by atoms with Gasteiger partial charge in [-0.2, -0.15) is 5.10 Å². The molecular weight excluding hydrogens is 276 g/mol. The molecule has 1 atom stereocenters. The first-order valence-corrected chi connectivity index (χ1v) is 7.53. The molecule has 0 fully saturated rings. The van der Waals surface area contributed by atoms with E-state index in [1.807, 2.05) is 57.5 Å². The van der Waals surface area contributed by atoms with Gasteiger partial charge in [-0.25, -0.2) is 0 Å². The smallest absolute Gasteiger partial charge is 0.237 e. The van der Waals surface area contributed by atoms with Crippen LogP contribution in [0.4, 0.5) is 0 Å². The molecule has 1 amide bonds. The highest BCUT2D eigenvalue weighted by molar-refractivity contribution is 5.81. The lowest BCUT2D eigenvalue weighted by molar-refractivity contribution is -0.125. The lowest BCUT2D eigenvalue weighted by Crippen LogP contribution is -2.42. The van der Waals surface area contributed by atoms with Crippen LogP contribution < -0.4 is 5.32 Å². The fourth-order valence-electron chi connectivity index (χ4n) is 2.52. The average Bonchev–Trinajstić information content (AvgIpc) is 2.92. The van der Waals surface area contributed by atoms with Crippen LogP contribution in [0.15, 0.2) is 36.7 Å². The van der Waals surface area contributed by atoms with E-state index in [0.29, 0.717) is 6.54 Å². The molecule has 1 N–H and O–H groups in total. The summed E-state index contributed by atoms with van der Waals surface area (Å²) in [6.45, 7) is 2.56. The number of nitrogens with zero attached hydrogens (tertiary/aromatic N) is 3. The molecule has 2 aromatic rings. The minimum Gasteiger partial charge on any atom is -0.351 e. The van der Waals surface area contributed by atoms with Gasteiger partial charge in [0.2, 0.25) is 5.91 Å². The van der Waals surface area contributed by atoms with E-state index in [1.54, 1.807) is 4.68 Å². The number of benzene rings is 1. The largest absolute Gasteiger partial charge is 0.351 e. The maximum Gasteiger partial charge on any atom is 0.237 e. The van der Waals surface area contributed by atoms with Gasteiger partial charge >= 0.3 is 0 Å². The topological polar surface area (TPSA) is 50.2 Å². The zero-order valence-corrected chi connectivity index (χ0v) is 13.7. The highest BCUT2D eigenvalue weighted by Gasteiger charge is 2.17. The highest BCUT2D eigenvalue weighted by atomic mass is 16.2. The van der Waals surface area contributed by atoms with E-state index in [1.165, 1.54) is 0 Å². The third kappa shape index (κ3) is 3.95. The lowest BCUT2D eigenvalue weighted by atomic mass is 10.1. The number of carbonyl (C=O) groups is 1. The van der Waals surface area contributed by atoms with Crippen molar-refractivity contribution in [2.24, 2.45) is 7.05 Å². The number of likely N-dealkylation sites (N-methyl/N-ethyl adjacent to an activating group) is 1. The number of aromatic nitrogens is 2. The maximum absolute atomic E-state index is 12.2. The second kappa shape index (κ2) is 7.22. The van der Waals surface area contributed by atoms with Crippen LogP contribution in [0.2, 0.25) is 0 Å². The van der Waals surface area contributed by atoms with Gasteiger partial charge in [-0.3, -0.25) is 14.4 Å². The predicted octanol–water partition coefficient (Wildman–Crippen LogP) is 2.04. The minimum atomic E-state index is -0.0819. The van der Waals surface area contributed by atoms with E-state index in [0.717, 1.165) is 23.1 Å². The van der Waals surface area contributed by atoms with Crippen molar-refractivity contribution in [3.05, 3.63) is 42.2 Å². The summed E-state index contributed by atoms with van der Waals surface area (Å²) in [6.07, 6.45) is 4.63. The summed E-state index contributed by atoms with van der Waals surface area (Å²) in [7, 11) is 5.76. The van der Waals surface area contributed by atoms with Crippen LogP contribution in [-0.4, -0.2) is 40.7 Å². The Hall–Kier alpha value is -2.14. The van der Waals surface area contributed by atoms with Crippen molar-refractivity contribution in [3.8, 4) is 11.1 Å². The Bertz CT molecular complexity index is 633. The van der Waals surface area contributed by atoms with E-state index in [-0.39, 0.29) is 11.9 Å². The van der Waals surface area contributed by atoms with E-state index >= 15 is 0 Å². The maximum atomic E-state index is 12.2. The van der Waals surface area contributed by atoms with Crippen molar-refractivity contribution in [2.75, 3.05) is 14.1 Å². The van der Waals surface area contributed by atoms with Crippen LogP contribution in [0, 0.1) is 0 Å². The van der Waals surface area contributed by atoms with Gasteiger partial charge in [-0.15, -0.1) is 0 Å². The Labute approximate surface area is 131 Å². The molecule has 0 aliphatic carbocycles. The Balaban J connectivity index is 2.03. The number of hydrogen-bond donors (Lipinski definition) is 1. The van der Waals surface area contributed by atoms with Crippen LogP contribution in [0.1, 0.15) is 18.9 Å². The molecule has 2 rings (SSSR count). The van der Waals surface area contributed by atoms with Gasteiger partial charge < -0.3 is 5.32 Å². The summed E-state index contributed by atoms with van der Waals surface area (Å²) in [5.41, 5.74) is 3.28. The monoisotopic (exact) mass is 300 g/mol. The second-order valence-corrected chi connectivity index (χ2v) is 5.71. The Morgan fingerprint density at radius 2 is 2.14 bits per heavy atom. The molecule has 22 heavy (non-hydrogen) atoms. The molecular formula is C17H24N4O. The Kier molecular flexibility index (Phi) is 5.33. The lowest BCUT2D eigenvalue weighted by Gasteiger charge is -2.21. The molecule has 0 saturated heterocycles. The van der Waals surface area contributed by atoms with Crippen LogP contribution in [0.3, 0.4) is 0 Å². The van der Waals surface area contributed by atoms with Gasteiger partial charge in [0.25, 0.3) is 0 Å². The molecule has 1 aromatic carbocycles. The van der Waals surface area contributed by atoms with Gasteiger partial charge in [-0.1, -0.05) is 25.1 Å². The van der Waals surface area contributed by atoms with Crippen LogP contribution >= 0.6 is 0 Å². The normalized spacial score (nSPS) is 12.4. The number of hydrogen-bond acceptors (Lipinski definition) is 3. The van der Waals surface area contributed by atoms with Crippen LogP contribution in [0.5, 0.6) is 0 Å². The standard InChI is InChI=1S/C17H24N4O/c1-5-16(20(2)3)17(22)18-10-13-7-6-8-14(9-13)15-11-19-21(4)12-15/h6-9,11-12,16H,5,10H2,1-4H3,(H,18,22). The van der Waals surface area contributed by atoms with Crippen LogP contribution in [-0.2, 0) is 18.4 Å². The molecule has 118 valence electrons. The zero-order valence-electron chi connectivity index (χ0n) is 13.7. The minimum absolute atomic E-state index is 0.0688. The summed E-state index contributed by atoms with van der Waals surface area (Å²) in [4.78, 5) is 14.1. The molecule has 0 spiro atoms. The van der Waals surface area contributed by atoms with Crippen molar-refractivity contribution in [1.82, 2.24) is 20.0 Å². The zero-order chi connectivity index (χ0) is 16.1. The number of aryl methyl sites for hydroxylation is 1. The molecule has 1 unspecified atom stereocenters. The quantitative estimate of drug-likeness (QED) is 0.888. The predicted molar refractivity (Wildman–Crippen MR) is 88.3 cm³/mol. The van der Waals surface area contributed by atoms with Crippen molar-refractivity contribution in [2.45, 2.75) is 25.9 Å². The average molecular weight is 300 g/mol. The first-order chi connectivity index (χ1) is 10.5. The molecule has 5 heteroatoms. The summed E-state index contributed by atoms with van der Waals surface area (Å²) >= 11 is 0. The van der Waals surface area contributed by atoms with Gasteiger partial charge in [-0.05, 0) is 37.7 Å². The van der Waals surface area contributed by atoms with Gasteiger partial charge in [0.15, 0.2) is 0 Å².